The number of aromatic nitrogens is 1. The lowest BCUT2D eigenvalue weighted by atomic mass is 10.1. The first-order valence-electron chi connectivity index (χ1n) is 6.24. The first kappa shape index (κ1) is 11.9. The summed E-state index contributed by atoms with van der Waals surface area (Å²) >= 11 is 1.79. The van der Waals surface area contributed by atoms with E-state index in [1.54, 1.807) is 11.3 Å². The summed E-state index contributed by atoms with van der Waals surface area (Å²) < 4.78 is 0. The van der Waals surface area contributed by atoms with Crippen LogP contribution < -0.4 is 10.2 Å². The van der Waals surface area contributed by atoms with Gasteiger partial charge < -0.3 is 10.2 Å². The number of hydrogen-bond donors (Lipinski definition) is 1. The molecule has 0 saturated carbocycles. The molecule has 4 heteroatoms. The van der Waals surface area contributed by atoms with Crippen molar-refractivity contribution in [3.63, 3.8) is 0 Å². The molecule has 2 heterocycles. The molecule has 1 aliphatic heterocycles. The van der Waals surface area contributed by atoms with Crippen LogP contribution in [0.2, 0.25) is 0 Å². The molecule has 16 heavy (non-hydrogen) atoms. The molecule has 0 atom stereocenters. The van der Waals surface area contributed by atoms with Gasteiger partial charge in [-0.3, -0.25) is 0 Å². The number of nitrogens with zero attached hydrogens (tertiary/aromatic N) is 2. The molecule has 3 nitrogen and oxygen atoms in total. The van der Waals surface area contributed by atoms with Crippen molar-refractivity contribution < 1.29 is 0 Å². The highest BCUT2D eigenvalue weighted by molar-refractivity contribution is 7.13. The molecule has 0 spiro atoms. The molecule has 1 fully saturated rings. The lowest BCUT2D eigenvalue weighted by molar-refractivity contribution is 0.555. The number of rotatable bonds is 3. The van der Waals surface area contributed by atoms with E-state index < -0.39 is 0 Å². The molecule has 0 unspecified atom stereocenters. The Kier molecular flexibility index (Phi) is 4.60. The van der Waals surface area contributed by atoms with Crippen molar-refractivity contribution in [1.29, 1.82) is 0 Å². The van der Waals surface area contributed by atoms with Crippen molar-refractivity contribution in [2.45, 2.75) is 38.6 Å². The summed E-state index contributed by atoms with van der Waals surface area (Å²) in [4.78, 5) is 7.14. The highest BCUT2D eigenvalue weighted by atomic mass is 32.1. The van der Waals surface area contributed by atoms with E-state index in [9.17, 15) is 0 Å². The Bertz CT molecular complexity index is 303. The fourth-order valence-corrected chi connectivity index (χ4v) is 3.02. The van der Waals surface area contributed by atoms with Crippen molar-refractivity contribution in [2.24, 2.45) is 0 Å². The quantitative estimate of drug-likeness (QED) is 0.879. The lowest BCUT2D eigenvalue weighted by Crippen LogP contribution is -2.26. The summed E-state index contributed by atoms with van der Waals surface area (Å²) in [5.74, 6) is 0. The van der Waals surface area contributed by atoms with Gasteiger partial charge in [0.15, 0.2) is 5.13 Å². The van der Waals surface area contributed by atoms with Gasteiger partial charge in [0.2, 0.25) is 0 Å². The van der Waals surface area contributed by atoms with E-state index in [1.165, 1.54) is 56.0 Å². The van der Waals surface area contributed by atoms with Gasteiger partial charge >= 0.3 is 0 Å². The minimum absolute atomic E-state index is 0.879. The van der Waals surface area contributed by atoms with E-state index in [0.29, 0.717) is 0 Å². The molecule has 1 aromatic rings. The third kappa shape index (κ3) is 3.19. The van der Waals surface area contributed by atoms with Gasteiger partial charge in [0.05, 0.1) is 5.69 Å². The molecule has 0 aromatic carbocycles. The SMILES string of the molecule is CNCc1csc(N2CCCCCCC2)n1. The Morgan fingerprint density at radius 1 is 1.25 bits per heavy atom. The molecule has 0 radical (unpaired) electrons. The van der Waals surface area contributed by atoms with Gasteiger partial charge in [0, 0.05) is 25.0 Å². The molecule has 1 aromatic heterocycles. The van der Waals surface area contributed by atoms with Crippen molar-refractivity contribution >= 4 is 16.5 Å². The molecule has 0 bridgehead atoms. The second kappa shape index (κ2) is 6.21. The second-order valence-electron chi connectivity index (χ2n) is 4.41. The van der Waals surface area contributed by atoms with Gasteiger partial charge in [0.1, 0.15) is 0 Å². The van der Waals surface area contributed by atoms with Gasteiger partial charge in [-0.1, -0.05) is 19.3 Å². The largest absolute Gasteiger partial charge is 0.348 e. The standard InChI is InChI=1S/C12H21N3S/c1-13-9-11-10-16-12(14-11)15-7-5-3-2-4-6-8-15/h10,13H,2-9H2,1H3. The molecule has 1 saturated heterocycles. The first-order chi connectivity index (χ1) is 7.90. The van der Waals surface area contributed by atoms with Crippen molar-refractivity contribution in [3.05, 3.63) is 11.1 Å². The zero-order chi connectivity index (χ0) is 11.2. The Morgan fingerprint density at radius 3 is 2.62 bits per heavy atom. The van der Waals surface area contributed by atoms with Crippen LogP contribution in [0.3, 0.4) is 0 Å². The maximum atomic E-state index is 4.68. The molecular weight excluding hydrogens is 218 g/mol. The fraction of sp³-hybridized carbons (Fsp3) is 0.750. The zero-order valence-corrected chi connectivity index (χ0v) is 10.9. The van der Waals surface area contributed by atoms with Crippen LogP contribution >= 0.6 is 11.3 Å². The Labute approximate surface area is 102 Å². The summed E-state index contributed by atoms with van der Waals surface area (Å²) in [7, 11) is 1.97. The van der Waals surface area contributed by atoms with E-state index in [2.05, 4.69) is 20.6 Å². The third-order valence-corrected chi connectivity index (χ3v) is 3.97. The zero-order valence-electron chi connectivity index (χ0n) is 10.0. The number of thiazole rings is 1. The summed E-state index contributed by atoms with van der Waals surface area (Å²) in [6.45, 7) is 3.25. The molecular formula is C12H21N3S. The van der Waals surface area contributed by atoms with E-state index in [4.69, 9.17) is 0 Å². The van der Waals surface area contributed by atoms with Crippen molar-refractivity contribution in [2.75, 3.05) is 25.0 Å². The molecule has 1 N–H and O–H groups in total. The van der Waals surface area contributed by atoms with Crippen LogP contribution in [0.5, 0.6) is 0 Å². The van der Waals surface area contributed by atoms with Crippen LogP contribution in [0.1, 0.15) is 37.8 Å². The lowest BCUT2D eigenvalue weighted by Gasteiger charge is -2.23. The van der Waals surface area contributed by atoms with Crippen LogP contribution in [0.15, 0.2) is 5.38 Å². The Morgan fingerprint density at radius 2 is 1.94 bits per heavy atom. The molecule has 0 amide bonds. The predicted molar refractivity (Wildman–Crippen MR) is 70.2 cm³/mol. The maximum Gasteiger partial charge on any atom is 0.185 e. The van der Waals surface area contributed by atoms with Crippen LogP contribution in [0, 0.1) is 0 Å². The third-order valence-electron chi connectivity index (χ3n) is 3.02. The van der Waals surface area contributed by atoms with Crippen LogP contribution in [0.25, 0.3) is 0 Å². The number of anilines is 1. The maximum absolute atomic E-state index is 4.68. The average Bonchev–Trinajstić information content (AvgIpc) is 2.66. The van der Waals surface area contributed by atoms with E-state index in [-0.39, 0.29) is 0 Å². The highest BCUT2D eigenvalue weighted by Gasteiger charge is 2.12. The van der Waals surface area contributed by atoms with Gasteiger partial charge in [0.25, 0.3) is 0 Å². The normalized spacial score (nSPS) is 18.2. The van der Waals surface area contributed by atoms with Gasteiger partial charge in [-0.05, 0) is 19.9 Å². The minimum atomic E-state index is 0.879. The molecule has 1 aliphatic rings. The first-order valence-corrected chi connectivity index (χ1v) is 7.12. The molecule has 0 aliphatic carbocycles. The summed E-state index contributed by atoms with van der Waals surface area (Å²) in [6, 6.07) is 0. The minimum Gasteiger partial charge on any atom is -0.348 e. The second-order valence-corrected chi connectivity index (χ2v) is 5.24. The van der Waals surface area contributed by atoms with Crippen LogP contribution in [0.4, 0.5) is 5.13 Å². The smallest absolute Gasteiger partial charge is 0.185 e. The van der Waals surface area contributed by atoms with E-state index >= 15 is 0 Å². The van der Waals surface area contributed by atoms with Gasteiger partial charge in [-0.2, -0.15) is 0 Å². The van der Waals surface area contributed by atoms with Crippen LogP contribution in [-0.4, -0.2) is 25.1 Å². The number of nitrogens with one attached hydrogen (secondary N) is 1. The molecule has 2 rings (SSSR count). The number of hydrogen-bond acceptors (Lipinski definition) is 4. The van der Waals surface area contributed by atoms with Gasteiger partial charge in [-0.25, -0.2) is 4.98 Å². The Hall–Kier alpha value is -0.610. The average molecular weight is 239 g/mol. The monoisotopic (exact) mass is 239 g/mol. The van der Waals surface area contributed by atoms with E-state index in [0.717, 1.165) is 6.54 Å². The Balaban J connectivity index is 1.97. The topological polar surface area (TPSA) is 28.2 Å². The summed E-state index contributed by atoms with van der Waals surface area (Å²) in [5, 5.41) is 6.53. The summed E-state index contributed by atoms with van der Waals surface area (Å²) in [5.41, 5.74) is 1.17. The summed E-state index contributed by atoms with van der Waals surface area (Å²) in [6.07, 6.45) is 6.81. The van der Waals surface area contributed by atoms with Crippen molar-refractivity contribution in [3.8, 4) is 0 Å². The predicted octanol–water partition coefficient (Wildman–Crippen LogP) is 2.63. The van der Waals surface area contributed by atoms with Gasteiger partial charge in [-0.15, -0.1) is 11.3 Å². The highest BCUT2D eigenvalue weighted by Crippen LogP contribution is 2.23. The van der Waals surface area contributed by atoms with Crippen molar-refractivity contribution in [1.82, 2.24) is 10.3 Å². The molecule has 90 valence electrons. The van der Waals surface area contributed by atoms with Crippen LogP contribution in [-0.2, 0) is 6.54 Å². The fourth-order valence-electron chi connectivity index (χ4n) is 2.14. The van der Waals surface area contributed by atoms with E-state index in [1.807, 2.05) is 7.05 Å².